The first-order valence-electron chi connectivity index (χ1n) is 14.1. The summed E-state index contributed by atoms with van der Waals surface area (Å²) >= 11 is 0. The normalized spacial score (nSPS) is 42.0. The summed E-state index contributed by atoms with van der Waals surface area (Å²) < 4.78 is 5.73. The maximum atomic E-state index is 11.8. The molecule has 0 N–H and O–H groups in total. The summed E-state index contributed by atoms with van der Waals surface area (Å²) in [4.78, 5) is 11.8. The second-order valence-corrected chi connectivity index (χ2v) is 13.0. The Balaban J connectivity index is 1.46. The lowest BCUT2D eigenvalue weighted by molar-refractivity contribution is -0.148. The van der Waals surface area contributed by atoms with Gasteiger partial charge in [0.15, 0.2) is 0 Å². The first-order valence-corrected chi connectivity index (χ1v) is 14.1. The third kappa shape index (κ3) is 4.34. The molecule has 0 spiro atoms. The number of carbonyl (C=O) groups excluding carboxylic acids is 1. The van der Waals surface area contributed by atoms with E-state index in [0.717, 1.165) is 41.9 Å². The molecule has 4 rings (SSSR count). The van der Waals surface area contributed by atoms with E-state index in [0.29, 0.717) is 17.3 Å². The molecule has 0 aromatic heterocycles. The van der Waals surface area contributed by atoms with E-state index in [1.54, 1.807) is 5.57 Å². The Labute approximate surface area is 198 Å². The van der Waals surface area contributed by atoms with E-state index in [9.17, 15) is 4.79 Å². The molecule has 3 fully saturated rings. The Morgan fingerprint density at radius 3 is 2.53 bits per heavy atom. The Bertz CT molecular complexity index is 708. The average Bonchev–Trinajstić information content (AvgIpc) is 3.11. The number of carbonyl (C=O) groups is 1. The van der Waals surface area contributed by atoms with Crippen molar-refractivity contribution in [1.82, 2.24) is 0 Å². The van der Waals surface area contributed by atoms with E-state index in [1.807, 2.05) is 6.92 Å². The van der Waals surface area contributed by atoms with Crippen molar-refractivity contribution in [3.05, 3.63) is 11.6 Å². The van der Waals surface area contributed by atoms with Gasteiger partial charge in [0.05, 0.1) is 0 Å². The van der Waals surface area contributed by atoms with Crippen molar-refractivity contribution < 1.29 is 9.53 Å². The minimum Gasteiger partial charge on any atom is -0.458 e. The summed E-state index contributed by atoms with van der Waals surface area (Å²) in [5.41, 5.74) is 2.54. The van der Waals surface area contributed by atoms with Crippen LogP contribution in [0.1, 0.15) is 119 Å². The summed E-state index contributed by atoms with van der Waals surface area (Å²) in [6, 6.07) is 0. The van der Waals surface area contributed by atoms with Crippen LogP contribution in [0.2, 0.25) is 0 Å². The van der Waals surface area contributed by atoms with Crippen molar-refractivity contribution >= 4 is 5.97 Å². The second kappa shape index (κ2) is 9.46. The number of hydrogen-bond acceptors (Lipinski definition) is 2. The third-order valence-corrected chi connectivity index (χ3v) is 10.8. The van der Waals surface area contributed by atoms with E-state index in [1.165, 1.54) is 64.2 Å². The van der Waals surface area contributed by atoms with E-state index < -0.39 is 0 Å². The lowest BCUT2D eigenvalue weighted by atomic mass is 9.46. The van der Waals surface area contributed by atoms with Gasteiger partial charge in [0, 0.05) is 6.42 Å². The van der Waals surface area contributed by atoms with Gasteiger partial charge in [-0.15, -0.1) is 0 Å². The molecule has 8 atom stereocenters. The highest BCUT2D eigenvalue weighted by atomic mass is 16.5. The van der Waals surface area contributed by atoms with Crippen LogP contribution in [0.25, 0.3) is 0 Å². The van der Waals surface area contributed by atoms with Gasteiger partial charge in [0.2, 0.25) is 0 Å². The van der Waals surface area contributed by atoms with Crippen LogP contribution in [-0.4, -0.2) is 12.1 Å². The molecular weight excluding hydrogens is 392 g/mol. The molecule has 8 unspecified atom stereocenters. The number of esters is 1. The van der Waals surface area contributed by atoms with Gasteiger partial charge in [0.25, 0.3) is 0 Å². The topological polar surface area (TPSA) is 26.3 Å². The fraction of sp³-hybridized carbons (Fsp3) is 0.900. The molecule has 4 aliphatic rings. The van der Waals surface area contributed by atoms with Gasteiger partial charge in [0.1, 0.15) is 6.10 Å². The lowest BCUT2D eigenvalue weighted by Crippen LogP contribution is -2.51. The number of hydrogen-bond donors (Lipinski definition) is 0. The third-order valence-electron chi connectivity index (χ3n) is 10.8. The van der Waals surface area contributed by atoms with Crippen molar-refractivity contribution in [3.63, 3.8) is 0 Å². The van der Waals surface area contributed by atoms with Gasteiger partial charge in [-0.2, -0.15) is 0 Å². The van der Waals surface area contributed by atoms with Gasteiger partial charge in [-0.1, -0.05) is 66.4 Å². The predicted molar refractivity (Wildman–Crippen MR) is 133 cm³/mol. The molecule has 32 heavy (non-hydrogen) atoms. The number of ether oxygens (including phenoxy) is 1. The van der Waals surface area contributed by atoms with E-state index in [2.05, 4.69) is 40.7 Å². The molecule has 0 aliphatic heterocycles. The fourth-order valence-corrected chi connectivity index (χ4v) is 9.07. The molecule has 0 radical (unpaired) electrons. The summed E-state index contributed by atoms with van der Waals surface area (Å²) in [6.07, 6.45) is 17.8. The molecule has 0 amide bonds. The van der Waals surface area contributed by atoms with E-state index in [-0.39, 0.29) is 12.1 Å². The molecule has 0 bridgehead atoms. The maximum Gasteiger partial charge on any atom is 0.306 e. The summed E-state index contributed by atoms with van der Waals surface area (Å²) in [5.74, 6) is 5.32. The molecular formula is C30H50O2. The van der Waals surface area contributed by atoms with Crippen molar-refractivity contribution in [3.8, 4) is 0 Å². The van der Waals surface area contributed by atoms with Crippen molar-refractivity contribution in [2.75, 3.05) is 0 Å². The first kappa shape index (κ1) is 24.3. The van der Waals surface area contributed by atoms with Crippen molar-refractivity contribution in [2.45, 2.75) is 125 Å². The van der Waals surface area contributed by atoms with Crippen molar-refractivity contribution in [2.24, 2.45) is 46.3 Å². The highest BCUT2D eigenvalue weighted by Gasteiger charge is 2.59. The van der Waals surface area contributed by atoms with Gasteiger partial charge in [-0.3, -0.25) is 4.79 Å². The van der Waals surface area contributed by atoms with Crippen LogP contribution in [0.4, 0.5) is 0 Å². The Morgan fingerprint density at radius 1 is 1.03 bits per heavy atom. The van der Waals surface area contributed by atoms with Crippen LogP contribution in [0.3, 0.4) is 0 Å². The van der Waals surface area contributed by atoms with Gasteiger partial charge >= 0.3 is 5.97 Å². The Hall–Kier alpha value is -0.790. The zero-order chi connectivity index (χ0) is 23.1. The molecule has 4 aliphatic carbocycles. The van der Waals surface area contributed by atoms with Crippen LogP contribution >= 0.6 is 0 Å². The van der Waals surface area contributed by atoms with Crippen LogP contribution in [0, 0.1) is 46.3 Å². The average molecular weight is 443 g/mol. The summed E-state index contributed by atoms with van der Waals surface area (Å²) in [6.45, 7) is 14.5. The predicted octanol–water partition coefficient (Wildman–Crippen LogP) is 8.35. The summed E-state index contributed by atoms with van der Waals surface area (Å²) in [5, 5.41) is 0. The van der Waals surface area contributed by atoms with Crippen LogP contribution in [0.15, 0.2) is 11.6 Å². The molecule has 0 saturated heterocycles. The highest BCUT2D eigenvalue weighted by Crippen LogP contribution is 2.67. The molecule has 182 valence electrons. The molecule has 2 heteroatoms. The number of fused-ring (bicyclic) bond motifs is 5. The quantitative estimate of drug-likeness (QED) is 0.292. The maximum absolute atomic E-state index is 11.8. The second-order valence-electron chi connectivity index (χ2n) is 13.0. The zero-order valence-corrected chi connectivity index (χ0v) is 21.9. The first-order chi connectivity index (χ1) is 15.2. The monoisotopic (exact) mass is 442 g/mol. The largest absolute Gasteiger partial charge is 0.458 e. The van der Waals surface area contributed by atoms with Crippen LogP contribution in [0.5, 0.6) is 0 Å². The molecule has 3 saturated carbocycles. The highest BCUT2D eigenvalue weighted by molar-refractivity contribution is 5.69. The SMILES string of the molecule is CCC(=O)OC1C=C2CCC3C(CCC4(C)C(C(C)CCCC(C)C)CCC34)C2(C)CC1. The van der Waals surface area contributed by atoms with Gasteiger partial charge < -0.3 is 4.74 Å². The molecule has 0 heterocycles. The van der Waals surface area contributed by atoms with E-state index in [4.69, 9.17) is 4.74 Å². The van der Waals surface area contributed by atoms with Gasteiger partial charge in [-0.05, 0) is 104 Å². The number of allylic oxidation sites excluding steroid dienone is 1. The van der Waals surface area contributed by atoms with Crippen LogP contribution < -0.4 is 0 Å². The molecule has 0 aromatic carbocycles. The minimum absolute atomic E-state index is 0.0264. The minimum atomic E-state index is -0.0444. The van der Waals surface area contributed by atoms with Gasteiger partial charge in [-0.25, -0.2) is 0 Å². The van der Waals surface area contributed by atoms with Crippen LogP contribution in [-0.2, 0) is 9.53 Å². The fourth-order valence-electron chi connectivity index (χ4n) is 9.07. The Kier molecular flexibility index (Phi) is 7.19. The zero-order valence-electron chi connectivity index (χ0n) is 21.9. The molecule has 0 aromatic rings. The van der Waals surface area contributed by atoms with E-state index >= 15 is 0 Å². The summed E-state index contributed by atoms with van der Waals surface area (Å²) in [7, 11) is 0. The Morgan fingerprint density at radius 2 is 1.81 bits per heavy atom. The lowest BCUT2D eigenvalue weighted by Gasteiger charge is -2.59. The number of rotatable bonds is 7. The smallest absolute Gasteiger partial charge is 0.306 e. The van der Waals surface area contributed by atoms with Crippen molar-refractivity contribution in [1.29, 1.82) is 0 Å². The standard InChI is InChI=1S/C30H50O2/c1-7-28(31)32-23-15-17-29(5)22(19-23)11-12-24-26-14-13-25(21(4)10-8-9-20(2)3)30(26,6)18-16-27(24)29/h19-21,23-27H,7-18H2,1-6H3. The molecule has 2 nitrogen and oxygen atoms in total.